The first-order chi connectivity index (χ1) is 12.2. The number of rotatable bonds is 3. The molecule has 4 nitrogen and oxygen atoms in total. The zero-order chi connectivity index (χ0) is 17.3. The first kappa shape index (κ1) is 16.5. The summed E-state index contributed by atoms with van der Waals surface area (Å²) in [7, 11) is 0. The molecule has 2 aromatic carbocycles. The highest BCUT2D eigenvalue weighted by molar-refractivity contribution is 7.22. The molecule has 0 aliphatic carbocycles. The van der Waals surface area contributed by atoms with Gasteiger partial charge >= 0.3 is 0 Å². The summed E-state index contributed by atoms with van der Waals surface area (Å²) in [5.74, 6) is -0.0304. The van der Waals surface area contributed by atoms with Crippen LogP contribution in [0, 0.1) is 0 Å². The summed E-state index contributed by atoms with van der Waals surface area (Å²) in [5.41, 5.74) is 1.17. The maximum absolute atomic E-state index is 13.2. The van der Waals surface area contributed by atoms with E-state index < -0.39 is 5.41 Å². The summed E-state index contributed by atoms with van der Waals surface area (Å²) in [5, 5.41) is 4.20. The summed E-state index contributed by atoms with van der Waals surface area (Å²) in [6, 6.07) is 15.6. The molecule has 1 amide bonds. The molecule has 0 unspecified atom stereocenters. The van der Waals surface area contributed by atoms with E-state index in [1.54, 1.807) is 6.07 Å². The van der Waals surface area contributed by atoms with Gasteiger partial charge in [0.25, 0.3) is 0 Å². The molecule has 0 saturated carbocycles. The highest BCUT2D eigenvalue weighted by Gasteiger charge is 2.42. The van der Waals surface area contributed by atoms with E-state index in [1.165, 1.54) is 11.3 Å². The van der Waals surface area contributed by atoms with Gasteiger partial charge in [-0.2, -0.15) is 0 Å². The molecule has 1 aliphatic heterocycles. The SMILES string of the molecule is O=C(Nc1nc2c(Cl)cccc2s1)C1(c2ccccc2)CCOCC1. The van der Waals surface area contributed by atoms with E-state index in [0.29, 0.717) is 36.2 Å². The number of halogens is 1. The van der Waals surface area contributed by atoms with Crippen LogP contribution in [-0.2, 0) is 14.9 Å². The Morgan fingerprint density at radius 1 is 1.12 bits per heavy atom. The van der Waals surface area contributed by atoms with Crippen molar-refractivity contribution in [2.45, 2.75) is 18.3 Å². The Kier molecular flexibility index (Phi) is 4.46. The lowest BCUT2D eigenvalue weighted by atomic mass is 9.73. The Balaban J connectivity index is 1.67. The maximum Gasteiger partial charge on any atom is 0.236 e. The second-order valence-corrected chi connectivity index (χ2v) is 7.56. The van der Waals surface area contributed by atoms with Crippen LogP contribution < -0.4 is 5.32 Å². The number of nitrogens with one attached hydrogen (secondary N) is 1. The Labute approximate surface area is 154 Å². The van der Waals surface area contributed by atoms with Gasteiger partial charge in [-0.15, -0.1) is 0 Å². The molecular formula is C19H17ClN2O2S. The van der Waals surface area contributed by atoms with Crippen molar-refractivity contribution in [3.8, 4) is 0 Å². The molecule has 0 atom stereocenters. The second kappa shape index (κ2) is 6.75. The van der Waals surface area contributed by atoms with Crippen LogP contribution in [0.5, 0.6) is 0 Å². The van der Waals surface area contributed by atoms with E-state index >= 15 is 0 Å². The van der Waals surface area contributed by atoms with Crippen LogP contribution in [0.1, 0.15) is 18.4 Å². The van der Waals surface area contributed by atoms with Gasteiger partial charge in [0.15, 0.2) is 5.13 Å². The number of amides is 1. The summed E-state index contributed by atoms with van der Waals surface area (Å²) in [6.45, 7) is 1.15. The largest absolute Gasteiger partial charge is 0.381 e. The average molecular weight is 373 g/mol. The van der Waals surface area contributed by atoms with Crippen LogP contribution in [0.15, 0.2) is 48.5 Å². The average Bonchev–Trinajstić information content (AvgIpc) is 3.07. The van der Waals surface area contributed by atoms with Crippen molar-refractivity contribution in [3.63, 3.8) is 0 Å². The highest BCUT2D eigenvalue weighted by atomic mass is 35.5. The molecule has 0 spiro atoms. The number of carbonyl (C=O) groups is 1. The van der Waals surface area contributed by atoms with Crippen LogP contribution in [0.3, 0.4) is 0 Å². The van der Waals surface area contributed by atoms with Crippen molar-refractivity contribution in [2.75, 3.05) is 18.5 Å². The molecule has 1 aliphatic rings. The van der Waals surface area contributed by atoms with Crippen molar-refractivity contribution in [2.24, 2.45) is 0 Å². The minimum absolute atomic E-state index is 0.0304. The molecule has 3 aromatic rings. The van der Waals surface area contributed by atoms with Gasteiger partial charge in [-0.1, -0.05) is 59.3 Å². The van der Waals surface area contributed by atoms with E-state index in [-0.39, 0.29) is 5.91 Å². The summed E-state index contributed by atoms with van der Waals surface area (Å²) in [4.78, 5) is 17.7. The number of benzene rings is 2. The minimum atomic E-state index is -0.582. The van der Waals surface area contributed by atoms with Crippen molar-refractivity contribution in [1.82, 2.24) is 4.98 Å². The molecule has 0 bridgehead atoms. The van der Waals surface area contributed by atoms with E-state index in [2.05, 4.69) is 10.3 Å². The molecule has 0 radical (unpaired) electrons. The zero-order valence-electron chi connectivity index (χ0n) is 13.5. The molecule has 6 heteroatoms. The van der Waals surface area contributed by atoms with Crippen LogP contribution in [0.4, 0.5) is 5.13 Å². The molecule has 2 heterocycles. The van der Waals surface area contributed by atoms with Gasteiger partial charge in [0.05, 0.1) is 15.1 Å². The van der Waals surface area contributed by atoms with Crippen molar-refractivity contribution < 1.29 is 9.53 Å². The number of hydrogen-bond acceptors (Lipinski definition) is 4. The third-order valence-electron chi connectivity index (χ3n) is 4.70. The van der Waals surface area contributed by atoms with Gasteiger partial charge in [-0.25, -0.2) is 4.98 Å². The normalized spacial score (nSPS) is 16.7. The van der Waals surface area contributed by atoms with E-state index in [1.807, 2.05) is 42.5 Å². The second-order valence-electron chi connectivity index (χ2n) is 6.12. The molecule has 128 valence electrons. The lowest BCUT2D eigenvalue weighted by molar-refractivity contribution is -0.125. The summed E-state index contributed by atoms with van der Waals surface area (Å²) >= 11 is 7.63. The van der Waals surface area contributed by atoms with Gasteiger partial charge in [-0.3, -0.25) is 4.79 Å². The maximum atomic E-state index is 13.2. The minimum Gasteiger partial charge on any atom is -0.381 e. The van der Waals surface area contributed by atoms with Gasteiger partial charge in [0.1, 0.15) is 5.52 Å². The smallest absolute Gasteiger partial charge is 0.236 e. The highest BCUT2D eigenvalue weighted by Crippen LogP contribution is 2.37. The Morgan fingerprint density at radius 3 is 2.60 bits per heavy atom. The predicted octanol–water partition coefficient (Wildman–Crippen LogP) is 4.64. The number of carbonyl (C=O) groups excluding carboxylic acids is 1. The van der Waals surface area contributed by atoms with Crippen LogP contribution >= 0.6 is 22.9 Å². The fourth-order valence-electron chi connectivity index (χ4n) is 3.31. The lowest BCUT2D eigenvalue weighted by Gasteiger charge is -2.35. The zero-order valence-corrected chi connectivity index (χ0v) is 15.1. The van der Waals surface area contributed by atoms with Crippen molar-refractivity contribution in [3.05, 3.63) is 59.1 Å². The lowest BCUT2D eigenvalue weighted by Crippen LogP contribution is -2.44. The topological polar surface area (TPSA) is 51.2 Å². The Morgan fingerprint density at radius 2 is 1.88 bits per heavy atom. The monoisotopic (exact) mass is 372 g/mol. The molecule has 1 aromatic heterocycles. The number of aromatic nitrogens is 1. The molecule has 1 saturated heterocycles. The first-order valence-corrected chi connectivity index (χ1v) is 9.38. The molecule has 25 heavy (non-hydrogen) atoms. The number of thiazole rings is 1. The molecule has 1 N–H and O–H groups in total. The number of anilines is 1. The van der Waals surface area contributed by atoms with Gasteiger partial charge in [0, 0.05) is 13.2 Å². The van der Waals surface area contributed by atoms with Crippen LogP contribution in [0.2, 0.25) is 5.02 Å². The number of fused-ring (bicyclic) bond motifs is 1. The van der Waals surface area contributed by atoms with E-state index in [9.17, 15) is 4.79 Å². The first-order valence-electron chi connectivity index (χ1n) is 8.19. The van der Waals surface area contributed by atoms with E-state index in [0.717, 1.165) is 15.8 Å². The fraction of sp³-hybridized carbons (Fsp3) is 0.263. The summed E-state index contributed by atoms with van der Waals surface area (Å²) in [6.07, 6.45) is 1.32. The van der Waals surface area contributed by atoms with Crippen LogP contribution in [0.25, 0.3) is 10.2 Å². The van der Waals surface area contributed by atoms with Crippen molar-refractivity contribution >= 4 is 44.2 Å². The molecular weight excluding hydrogens is 356 g/mol. The van der Waals surface area contributed by atoms with E-state index in [4.69, 9.17) is 16.3 Å². The van der Waals surface area contributed by atoms with Gasteiger partial charge < -0.3 is 10.1 Å². The number of ether oxygens (including phenoxy) is 1. The number of nitrogens with zero attached hydrogens (tertiary/aromatic N) is 1. The Hall–Kier alpha value is -1.95. The molecule has 4 rings (SSSR count). The Bertz CT molecular complexity index is 904. The standard InChI is InChI=1S/C19H17ClN2O2S/c20-14-7-4-8-15-16(14)21-18(25-15)22-17(23)19(9-11-24-12-10-19)13-5-2-1-3-6-13/h1-8H,9-12H2,(H,21,22,23). The number of para-hydroxylation sites is 1. The van der Waals surface area contributed by atoms with Crippen molar-refractivity contribution in [1.29, 1.82) is 0 Å². The molecule has 1 fully saturated rings. The van der Waals surface area contributed by atoms with Gasteiger partial charge in [-0.05, 0) is 30.5 Å². The third kappa shape index (κ3) is 3.03. The number of hydrogen-bond donors (Lipinski definition) is 1. The van der Waals surface area contributed by atoms with Gasteiger partial charge in [0.2, 0.25) is 5.91 Å². The third-order valence-corrected chi connectivity index (χ3v) is 5.94. The quantitative estimate of drug-likeness (QED) is 0.728. The summed E-state index contributed by atoms with van der Waals surface area (Å²) < 4.78 is 6.46. The van der Waals surface area contributed by atoms with Crippen LogP contribution in [-0.4, -0.2) is 24.1 Å². The predicted molar refractivity (Wildman–Crippen MR) is 101 cm³/mol. The fourth-order valence-corrected chi connectivity index (χ4v) is 4.47.